The second-order valence-electron chi connectivity index (χ2n) is 5.06. The monoisotopic (exact) mass is 329 g/mol. The van der Waals surface area contributed by atoms with Crippen LogP contribution < -0.4 is 4.72 Å². The van der Waals surface area contributed by atoms with E-state index in [1.807, 2.05) is 13.8 Å². The molecule has 0 atom stereocenters. The molecular weight excluding hydrogens is 315 g/mol. The first-order chi connectivity index (χ1) is 10.2. The Morgan fingerprint density at radius 3 is 2.05 bits per heavy atom. The molecular formula is C15H14F3NO2S. The van der Waals surface area contributed by atoms with Crippen LogP contribution in [0.4, 0.5) is 18.9 Å². The molecule has 22 heavy (non-hydrogen) atoms. The summed E-state index contributed by atoms with van der Waals surface area (Å²) in [6.45, 7) is 3.96. The third kappa shape index (κ3) is 3.24. The molecule has 0 radical (unpaired) electrons. The minimum absolute atomic E-state index is 0.202. The van der Waals surface area contributed by atoms with Gasteiger partial charge in [0.25, 0.3) is 10.0 Å². The van der Waals surface area contributed by atoms with E-state index in [1.165, 1.54) is 12.1 Å². The molecule has 0 unspecified atom stereocenters. The van der Waals surface area contributed by atoms with E-state index < -0.39 is 32.4 Å². The first-order valence-electron chi connectivity index (χ1n) is 6.48. The van der Waals surface area contributed by atoms with E-state index in [1.54, 1.807) is 12.1 Å². The van der Waals surface area contributed by atoms with Crippen molar-refractivity contribution in [2.24, 2.45) is 0 Å². The van der Waals surface area contributed by atoms with Crippen LogP contribution in [0.2, 0.25) is 0 Å². The highest BCUT2D eigenvalue weighted by Crippen LogP contribution is 2.23. The van der Waals surface area contributed by atoms with E-state index in [-0.39, 0.29) is 11.6 Å². The second kappa shape index (κ2) is 6.00. The summed E-state index contributed by atoms with van der Waals surface area (Å²) in [5.74, 6) is -4.74. The Labute approximate surface area is 126 Å². The lowest BCUT2D eigenvalue weighted by molar-refractivity contribution is 0.432. The Hall–Kier alpha value is -2.02. The van der Waals surface area contributed by atoms with Crippen LogP contribution in [0.15, 0.2) is 41.3 Å². The number of nitrogens with one attached hydrogen (secondary N) is 1. The molecule has 0 spiro atoms. The molecule has 1 N–H and O–H groups in total. The first-order valence-corrected chi connectivity index (χ1v) is 7.97. The number of sulfonamides is 1. The Kier molecular flexibility index (Phi) is 4.46. The lowest BCUT2D eigenvalue weighted by Gasteiger charge is -2.11. The first kappa shape index (κ1) is 16.4. The van der Waals surface area contributed by atoms with Gasteiger partial charge in [0.2, 0.25) is 0 Å². The van der Waals surface area contributed by atoms with Crippen molar-refractivity contribution in [3.8, 4) is 0 Å². The highest BCUT2D eigenvalue weighted by Gasteiger charge is 2.24. The van der Waals surface area contributed by atoms with Crippen LogP contribution >= 0.6 is 0 Å². The maximum absolute atomic E-state index is 13.6. The Bertz CT molecular complexity index is 787. The van der Waals surface area contributed by atoms with Crippen LogP contribution in [-0.4, -0.2) is 8.42 Å². The van der Waals surface area contributed by atoms with Crippen molar-refractivity contribution in [2.75, 3.05) is 4.72 Å². The van der Waals surface area contributed by atoms with Crippen molar-refractivity contribution in [1.82, 2.24) is 0 Å². The van der Waals surface area contributed by atoms with Gasteiger partial charge in [-0.25, -0.2) is 21.6 Å². The third-order valence-corrected chi connectivity index (χ3v) is 4.52. The number of halogens is 3. The summed E-state index contributed by atoms with van der Waals surface area (Å²) in [6, 6.07) is 7.73. The molecule has 0 saturated heterocycles. The quantitative estimate of drug-likeness (QED) is 0.861. The molecule has 0 aliphatic rings. The van der Waals surface area contributed by atoms with Gasteiger partial charge in [-0.15, -0.1) is 0 Å². The second-order valence-corrected chi connectivity index (χ2v) is 6.71. The molecule has 0 fully saturated rings. The Morgan fingerprint density at radius 1 is 0.909 bits per heavy atom. The van der Waals surface area contributed by atoms with Gasteiger partial charge in [-0.05, 0) is 35.7 Å². The largest absolute Gasteiger partial charge is 0.280 e. The number of benzene rings is 2. The predicted molar refractivity (Wildman–Crippen MR) is 77.7 cm³/mol. The smallest absolute Gasteiger partial charge is 0.264 e. The minimum Gasteiger partial charge on any atom is -0.280 e. The topological polar surface area (TPSA) is 46.2 Å². The van der Waals surface area contributed by atoms with Gasteiger partial charge in [-0.1, -0.05) is 26.0 Å². The van der Waals surface area contributed by atoms with E-state index >= 15 is 0 Å². The van der Waals surface area contributed by atoms with E-state index in [0.717, 1.165) is 5.56 Å². The molecule has 0 aliphatic carbocycles. The maximum atomic E-state index is 13.6. The molecule has 0 heterocycles. The number of hydrogen-bond acceptors (Lipinski definition) is 2. The van der Waals surface area contributed by atoms with Crippen molar-refractivity contribution < 1.29 is 21.6 Å². The van der Waals surface area contributed by atoms with E-state index in [2.05, 4.69) is 4.72 Å². The molecule has 2 rings (SSSR count). The van der Waals surface area contributed by atoms with Gasteiger partial charge in [-0.3, -0.25) is 4.72 Å². The van der Waals surface area contributed by atoms with Crippen LogP contribution in [0, 0.1) is 17.5 Å². The molecule has 2 aromatic carbocycles. The molecule has 3 nitrogen and oxygen atoms in total. The average molecular weight is 329 g/mol. The zero-order chi connectivity index (χ0) is 16.5. The van der Waals surface area contributed by atoms with Crippen molar-refractivity contribution >= 4 is 15.7 Å². The molecule has 0 bridgehead atoms. The van der Waals surface area contributed by atoms with Crippen LogP contribution in [0.3, 0.4) is 0 Å². The summed E-state index contributed by atoms with van der Waals surface area (Å²) < 4.78 is 65.9. The fourth-order valence-electron chi connectivity index (χ4n) is 1.86. The molecule has 0 aliphatic heterocycles. The summed E-state index contributed by atoms with van der Waals surface area (Å²) in [5, 5.41) is 0. The van der Waals surface area contributed by atoms with Crippen LogP contribution in [0.1, 0.15) is 25.3 Å². The summed E-state index contributed by atoms with van der Waals surface area (Å²) >= 11 is 0. The third-order valence-electron chi connectivity index (χ3n) is 3.12. The predicted octanol–water partition coefficient (Wildman–Crippen LogP) is 4.03. The van der Waals surface area contributed by atoms with E-state index in [9.17, 15) is 21.6 Å². The zero-order valence-electron chi connectivity index (χ0n) is 11.9. The summed E-state index contributed by atoms with van der Waals surface area (Å²) in [6.07, 6.45) is 0. The van der Waals surface area contributed by atoms with Crippen molar-refractivity contribution in [2.45, 2.75) is 24.7 Å². The average Bonchev–Trinajstić information content (AvgIpc) is 2.44. The lowest BCUT2D eigenvalue weighted by atomic mass is 10.0. The minimum atomic E-state index is -4.35. The molecule has 7 heteroatoms. The highest BCUT2D eigenvalue weighted by molar-refractivity contribution is 7.92. The van der Waals surface area contributed by atoms with Gasteiger partial charge in [0.15, 0.2) is 17.5 Å². The van der Waals surface area contributed by atoms with Gasteiger partial charge in [0.05, 0.1) is 0 Å². The van der Waals surface area contributed by atoms with E-state index in [4.69, 9.17) is 0 Å². The Morgan fingerprint density at radius 2 is 1.50 bits per heavy atom. The molecule has 118 valence electrons. The molecule has 0 saturated carbocycles. The van der Waals surface area contributed by atoms with Gasteiger partial charge < -0.3 is 0 Å². The maximum Gasteiger partial charge on any atom is 0.264 e. The number of rotatable bonds is 4. The fraction of sp³-hybridized carbons (Fsp3) is 0.200. The highest BCUT2D eigenvalue weighted by atomic mass is 32.2. The fourth-order valence-corrected chi connectivity index (χ4v) is 2.99. The van der Waals surface area contributed by atoms with E-state index in [0.29, 0.717) is 12.1 Å². The number of anilines is 1. The van der Waals surface area contributed by atoms with Crippen LogP contribution in [0.5, 0.6) is 0 Å². The van der Waals surface area contributed by atoms with Crippen molar-refractivity contribution in [3.63, 3.8) is 0 Å². The summed E-state index contributed by atoms with van der Waals surface area (Å²) in [7, 11) is -4.35. The Balaban J connectivity index is 2.34. The molecule has 0 amide bonds. The number of hydrogen-bond donors (Lipinski definition) is 1. The zero-order valence-corrected chi connectivity index (χ0v) is 12.7. The lowest BCUT2D eigenvalue weighted by Crippen LogP contribution is -2.15. The van der Waals surface area contributed by atoms with Gasteiger partial charge in [0, 0.05) is 5.69 Å². The van der Waals surface area contributed by atoms with Crippen LogP contribution in [-0.2, 0) is 10.0 Å². The SMILES string of the molecule is CC(C)c1ccc(NS(=O)(=O)c2ccc(F)c(F)c2F)cc1. The van der Waals surface area contributed by atoms with Gasteiger partial charge in [0.1, 0.15) is 4.90 Å². The van der Waals surface area contributed by atoms with Gasteiger partial charge >= 0.3 is 0 Å². The van der Waals surface area contributed by atoms with Crippen molar-refractivity contribution in [3.05, 3.63) is 59.4 Å². The van der Waals surface area contributed by atoms with Crippen LogP contribution in [0.25, 0.3) is 0 Å². The molecule has 2 aromatic rings. The van der Waals surface area contributed by atoms with Gasteiger partial charge in [-0.2, -0.15) is 0 Å². The summed E-state index contributed by atoms with van der Waals surface area (Å²) in [5.41, 5.74) is 1.20. The van der Waals surface area contributed by atoms with Crippen molar-refractivity contribution in [1.29, 1.82) is 0 Å². The normalized spacial score (nSPS) is 11.7. The summed E-state index contributed by atoms with van der Waals surface area (Å²) in [4.78, 5) is -0.945. The molecule has 0 aromatic heterocycles. The standard InChI is InChI=1S/C15H14F3NO2S/c1-9(2)10-3-5-11(6-4-10)19-22(20,21)13-8-7-12(16)14(17)15(13)18/h3-9,19H,1-2H3.